The molecule has 0 bridgehead atoms. The minimum Gasteiger partial charge on any atom is -0.481 e. The smallest absolute Gasteiger partial charge is 0.407 e. The first-order chi connectivity index (χ1) is 44.1. The fourth-order valence-electron chi connectivity index (χ4n) is 12.9. The van der Waals surface area contributed by atoms with E-state index in [2.05, 4.69) is 45.4 Å². The number of hydrogen-bond acceptors (Lipinski definition) is 17. The zero-order valence-electron chi connectivity index (χ0n) is 56.6. The van der Waals surface area contributed by atoms with Crippen molar-refractivity contribution >= 4 is 65.0 Å². The molecule has 2 aliphatic carbocycles. The Morgan fingerprint density at radius 1 is 0.565 bits per heavy atom. The largest absolute Gasteiger partial charge is 0.481 e. The number of rotatable bonds is 54. The molecule has 0 aromatic carbocycles. The second-order valence-corrected chi connectivity index (χ2v) is 24.7. The molecule has 26 heteroatoms. The van der Waals surface area contributed by atoms with Crippen LogP contribution >= 0.6 is 0 Å². The number of carboxylic acids is 1. The molecule has 2 aliphatic rings. The molecular formula is C66H118N10O16. The highest BCUT2D eigenvalue weighted by Gasteiger charge is 2.54. The second kappa shape index (κ2) is 48.7. The molecule has 0 spiro atoms. The number of amides is 5. The summed E-state index contributed by atoms with van der Waals surface area (Å²) in [4.78, 5) is 121. The number of nitrogens with zero attached hydrogens (tertiary/aromatic N) is 1. The summed E-state index contributed by atoms with van der Waals surface area (Å²) >= 11 is 0. The predicted molar refractivity (Wildman–Crippen MR) is 350 cm³/mol. The molecule has 5 amide bonds. The molecule has 0 radical (unpaired) electrons. The van der Waals surface area contributed by atoms with Crippen molar-refractivity contribution in [2.75, 3.05) is 65.9 Å². The number of hydrogen-bond donors (Lipinski definition) is 10. The number of ketones is 2. The van der Waals surface area contributed by atoms with Crippen LogP contribution in [0.1, 0.15) is 215 Å². The summed E-state index contributed by atoms with van der Waals surface area (Å²) < 4.78 is 33.9. The Morgan fingerprint density at radius 2 is 1.09 bits per heavy atom. The maximum atomic E-state index is 13.6. The van der Waals surface area contributed by atoms with Gasteiger partial charge in [-0.1, -0.05) is 98.8 Å². The third-order valence-electron chi connectivity index (χ3n) is 17.6. The van der Waals surface area contributed by atoms with Gasteiger partial charge in [0.2, 0.25) is 23.6 Å². The monoisotopic (exact) mass is 1310 g/mol. The number of amidine groups is 1. The van der Waals surface area contributed by atoms with E-state index in [1.54, 1.807) is 0 Å². The molecule has 2 rings (SSSR count). The average Bonchev–Trinajstić information content (AvgIpc) is 1.64. The van der Waals surface area contributed by atoms with Gasteiger partial charge in [-0.25, -0.2) is 9.79 Å². The van der Waals surface area contributed by atoms with Gasteiger partial charge in [0, 0.05) is 102 Å². The highest BCUT2D eigenvalue weighted by Crippen LogP contribution is 2.43. The number of unbranched alkanes of at least 4 members (excludes halogenated alkanes) is 8. The van der Waals surface area contributed by atoms with E-state index in [1.165, 1.54) is 13.8 Å². The van der Waals surface area contributed by atoms with E-state index in [0.717, 1.165) is 57.8 Å². The average molecular weight is 1310 g/mol. The van der Waals surface area contributed by atoms with Crippen LogP contribution in [0.3, 0.4) is 0 Å². The van der Waals surface area contributed by atoms with Crippen LogP contribution in [-0.2, 0) is 66.8 Å². The lowest BCUT2D eigenvalue weighted by Crippen LogP contribution is -2.51. The summed E-state index contributed by atoms with van der Waals surface area (Å²) in [5.41, 5.74) is 17.3. The lowest BCUT2D eigenvalue weighted by atomic mass is 9.77. The van der Waals surface area contributed by atoms with Crippen LogP contribution in [-0.4, -0.2) is 172 Å². The standard InChI is InChI=1S/C66H118N10O16/c1-8-34-87-36-38-89-40-41-90-39-37-88-35-31-57(82)75-51(27-26-49(79)23-19-15-13-18-22-33-72-66(86)91-54-29-25-48(42-55(67)68)59(54)61(73-44(6)77)46(9-2)10-3)53(80)28-30-56(81)71-32-21-17-14-16-20-24-58(83)92-63-50(64(84)85)43-52(76-65(69)70)60(63)62(74-45(7)78)47(11-4)12-5/h46-48,50-52,54,59-63H,8-43H2,1-7H3,(H3,67,68)(H,71,81)(H,72,86)(H,73,77)(H,74,78)(H,75,82)(H,84,85)(H4,69,70,76)/t48-,50-,51+,52+,54+,59-,60+,61+,62+,63+/m0/s1. The van der Waals surface area contributed by atoms with E-state index < -0.39 is 66.1 Å². The Kier molecular flexibility index (Phi) is 43.4. The zero-order chi connectivity index (χ0) is 68.2. The Hall–Kier alpha value is -5.99. The van der Waals surface area contributed by atoms with Gasteiger partial charge in [0.05, 0.1) is 70.1 Å². The van der Waals surface area contributed by atoms with Gasteiger partial charge in [-0.2, -0.15) is 0 Å². The number of guanidine groups is 1. The summed E-state index contributed by atoms with van der Waals surface area (Å²) in [7, 11) is 0. The number of nitrogens with two attached hydrogens (primary N) is 3. The van der Waals surface area contributed by atoms with Crippen molar-refractivity contribution in [3.8, 4) is 0 Å². The van der Waals surface area contributed by atoms with E-state index in [4.69, 9.17) is 51.0 Å². The Labute approximate surface area is 547 Å². The van der Waals surface area contributed by atoms with E-state index in [0.29, 0.717) is 117 Å². The Morgan fingerprint density at radius 3 is 1.62 bits per heavy atom. The molecule has 2 saturated carbocycles. The van der Waals surface area contributed by atoms with Gasteiger partial charge in [-0.3, -0.25) is 43.8 Å². The molecule has 92 heavy (non-hydrogen) atoms. The summed E-state index contributed by atoms with van der Waals surface area (Å²) in [6.07, 6.45) is 11.0. The first-order valence-corrected chi connectivity index (χ1v) is 34.3. The number of ether oxygens (including phenoxy) is 6. The first-order valence-electron chi connectivity index (χ1n) is 34.3. The molecule has 528 valence electrons. The van der Waals surface area contributed by atoms with Crippen LogP contribution in [0.5, 0.6) is 0 Å². The highest BCUT2D eigenvalue weighted by molar-refractivity contribution is 5.92. The minimum absolute atomic E-state index is 0.00696. The van der Waals surface area contributed by atoms with Crippen LogP contribution in [0.25, 0.3) is 0 Å². The lowest BCUT2D eigenvalue weighted by Gasteiger charge is -2.37. The SMILES string of the molecule is CCCOCCOCCOCCOCCC(=O)N[C@H](CCC(=O)CCCCCCCNC(=O)O[C@@H]1CC[C@@H](CC(=N)N)[C@@H]1[C@H](NC(C)=O)C(CC)CC)C(=O)CCC(=O)NCCCCCCCC(=O)O[C@H]1[C@@H]([C@H](NC(C)=O)C(CC)CC)[C@H](N=C(N)N)C[C@@H]1C(=O)O. The van der Waals surface area contributed by atoms with E-state index in [1.807, 2.05) is 20.8 Å². The lowest BCUT2D eigenvalue weighted by molar-refractivity contribution is -0.160. The summed E-state index contributed by atoms with van der Waals surface area (Å²) in [5, 5.41) is 32.8. The quantitative estimate of drug-likeness (QED) is 0.0136. The predicted octanol–water partition coefficient (Wildman–Crippen LogP) is 6.44. The number of aliphatic carboxylic acids is 1. The topological polar surface area (TPSA) is 404 Å². The molecule has 13 N–H and O–H groups in total. The van der Waals surface area contributed by atoms with Crippen molar-refractivity contribution in [2.24, 2.45) is 57.7 Å². The van der Waals surface area contributed by atoms with Gasteiger partial charge in [0.15, 0.2) is 11.7 Å². The van der Waals surface area contributed by atoms with Crippen molar-refractivity contribution in [1.29, 1.82) is 5.41 Å². The van der Waals surface area contributed by atoms with Crippen molar-refractivity contribution in [1.82, 2.24) is 26.6 Å². The van der Waals surface area contributed by atoms with E-state index in [9.17, 15) is 48.3 Å². The van der Waals surface area contributed by atoms with Gasteiger partial charge >= 0.3 is 18.0 Å². The summed E-state index contributed by atoms with van der Waals surface area (Å²) in [6.45, 7) is 16.9. The normalized spacial score (nSPS) is 19.6. The molecule has 0 saturated heterocycles. The molecule has 0 heterocycles. The maximum absolute atomic E-state index is 13.6. The van der Waals surface area contributed by atoms with Crippen molar-refractivity contribution in [3.05, 3.63) is 0 Å². The minimum atomic E-state index is -1.15. The number of carboxylic acid groups (broad SMARTS) is 1. The number of alkyl carbamates (subject to hydrolysis) is 1. The van der Waals surface area contributed by atoms with Crippen LogP contribution in [0.2, 0.25) is 0 Å². The molecular weight excluding hydrogens is 1190 g/mol. The van der Waals surface area contributed by atoms with Crippen molar-refractivity contribution < 1.29 is 76.7 Å². The molecule has 26 nitrogen and oxygen atoms in total. The van der Waals surface area contributed by atoms with Crippen molar-refractivity contribution in [2.45, 2.75) is 252 Å². The third-order valence-corrected chi connectivity index (χ3v) is 17.6. The number of nitrogens with one attached hydrogen (secondary N) is 6. The molecule has 0 unspecified atom stereocenters. The third kappa shape index (κ3) is 34.2. The summed E-state index contributed by atoms with van der Waals surface area (Å²) in [6, 6.07) is -2.41. The fraction of sp³-hybridized carbons (Fsp3) is 0.833. The molecule has 10 atom stereocenters. The van der Waals surface area contributed by atoms with Crippen LogP contribution in [0.15, 0.2) is 4.99 Å². The van der Waals surface area contributed by atoms with Crippen LogP contribution < -0.4 is 43.8 Å². The van der Waals surface area contributed by atoms with Crippen molar-refractivity contribution in [3.63, 3.8) is 0 Å². The maximum Gasteiger partial charge on any atom is 0.407 e. The Bertz CT molecular complexity index is 2230. The molecule has 0 aliphatic heterocycles. The van der Waals surface area contributed by atoms with Crippen LogP contribution in [0.4, 0.5) is 4.79 Å². The van der Waals surface area contributed by atoms with Gasteiger partial charge in [-0.15, -0.1) is 0 Å². The second-order valence-electron chi connectivity index (χ2n) is 24.7. The highest BCUT2D eigenvalue weighted by atomic mass is 16.6. The fourth-order valence-corrected chi connectivity index (χ4v) is 12.9. The van der Waals surface area contributed by atoms with Crippen LogP contribution in [0, 0.1) is 40.9 Å². The van der Waals surface area contributed by atoms with Gasteiger partial charge < -0.3 is 77.3 Å². The number of carbonyl (C=O) groups excluding carboxylic acids is 8. The number of aliphatic imine (C=N–C) groups is 1. The van der Waals surface area contributed by atoms with E-state index >= 15 is 0 Å². The van der Waals surface area contributed by atoms with Gasteiger partial charge in [-0.05, 0) is 75.5 Å². The molecule has 0 aromatic heterocycles. The molecule has 2 fully saturated rings. The zero-order valence-corrected chi connectivity index (χ0v) is 56.6. The first kappa shape index (κ1) is 82.1. The summed E-state index contributed by atoms with van der Waals surface area (Å²) in [5.74, 6) is -5.25. The number of carbonyl (C=O) groups is 9. The Balaban J connectivity index is 1.85. The number of Topliss-reactive ketones (excluding diaryl/α,β-unsaturated/α-hetero) is 2. The van der Waals surface area contributed by atoms with Gasteiger partial charge in [0.1, 0.15) is 18.0 Å². The number of esters is 1. The van der Waals surface area contributed by atoms with Gasteiger partial charge in [0.25, 0.3) is 0 Å². The molecule has 0 aromatic rings. The van der Waals surface area contributed by atoms with E-state index in [-0.39, 0.29) is 129 Å².